The Morgan fingerprint density at radius 2 is 1.84 bits per heavy atom. The van der Waals surface area contributed by atoms with E-state index in [0.29, 0.717) is 40.1 Å². The van der Waals surface area contributed by atoms with Crippen molar-refractivity contribution in [3.8, 4) is 11.5 Å². The number of ether oxygens (including phenoxy) is 2. The van der Waals surface area contributed by atoms with Gasteiger partial charge in [0, 0.05) is 18.5 Å². The quantitative estimate of drug-likeness (QED) is 0.628. The van der Waals surface area contributed by atoms with Crippen LogP contribution in [0.3, 0.4) is 0 Å². The second-order valence-corrected chi connectivity index (χ2v) is 7.99. The zero-order chi connectivity index (χ0) is 22.1. The number of rotatable bonds is 7. The lowest BCUT2D eigenvalue weighted by molar-refractivity contribution is -0.858. The molecule has 0 unspecified atom stereocenters. The van der Waals surface area contributed by atoms with Crippen LogP contribution < -0.4 is 19.8 Å². The van der Waals surface area contributed by atoms with Crippen LogP contribution in [0.5, 0.6) is 11.5 Å². The van der Waals surface area contributed by atoms with E-state index < -0.39 is 6.04 Å². The molecule has 1 atom stereocenters. The first-order chi connectivity index (χ1) is 15.0. The summed E-state index contributed by atoms with van der Waals surface area (Å²) in [7, 11) is 7.30. The van der Waals surface area contributed by atoms with Gasteiger partial charge in [0.15, 0.2) is 5.43 Å². The standard InChI is InChI=1S/C24H26N2O5/c1-25(2)12-7-13-26-21(17-14-15(29-3)10-11-18(17)30-4)20-22(27)16-8-5-6-9-19(16)31-23(20)24(26)28/h5-6,8-11,14,21H,7,12-13H2,1-4H3/p+1/t21-/m0/s1. The fourth-order valence-electron chi connectivity index (χ4n) is 4.18. The summed E-state index contributed by atoms with van der Waals surface area (Å²) in [5.41, 5.74) is 1.28. The largest absolute Gasteiger partial charge is 0.497 e. The lowest BCUT2D eigenvalue weighted by Crippen LogP contribution is -3.05. The molecule has 1 amide bonds. The van der Waals surface area contributed by atoms with E-state index in [0.717, 1.165) is 13.0 Å². The number of nitrogens with one attached hydrogen (secondary N) is 1. The van der Waals surface area contributed by atoms with Crippen LogP contribution in [0.1, 0.15) is 34.1 Å². The molecule has 1 aliphatic rings. The van der Waals surface area contributed by atoms with Crippen LogP contribution in [0.4, 0.5) is 0 Å². The van der Waals surface area contributed by atoms with Crippen molar-refractivity contribution < 1.29 is 23.6 Å². The Balaban J connectivity index is 1.93. The van der Waals surface area contributed by atoms with Crippen LogP contribution in [0.15, 0.2) is 51.7 Å². The van der Waals surface area contributed by atoms with Gasteiger partial charge in [0.05, 0.1) is 51.9 Å². The fourth-order valence-corrected chi connectivity index (χ4v) is 4.18. The molecule has 0 saturated heterocycles. The van der Waals surface area contributed by atoms with E-state index >= 15 is 0 Å². The molecule has 1 N–H and O–H groups in total. The second-order valence-electron chi connectivity index (χ2n) is 7.99. The lowest BCUT2D eigenvalue weighted by Gasteiger charge is -2.26. The molecule has 1 aromatic heterocycles. The molecule has 0 saturated carbocycles. The van der Waals surface area contributed by atoms with Crippen molar-refractivity contribution in [3.05, 3.63) is 69.6 Å². The summed E-state index contributed by atoms with van der Waals surface area (Å²) in [4.78, 5) is 29.9. The summed E-state index contributed by atoms with van der Waals surface area (Å²) in [5, 5.41) is 0.459. The SMILES string of the molecule is COc1ccc(OC)c([C@H]2c3c(oc4ccccc4c3=O)C(=O)N2CCC[NH+](C)C)c1. The van der Waals surface area contributed by atoms with Crippen LogP contribution in [0, 0.1) is 0 Å². The molecule has 7 nitrogen and oxygen atoms in total. The number of quaternary nitrogens is 1. The van der Waals surface area contributed by atoms with E-state index in [4.69, 9.17) is 13.9 Å². The van der Waals surface area contributed by atoms with Gasteiger partial charge in [-0.15, -0.1) is 0 Å². The third-order valence-corrected chi connectivity index (χ3v) is 5.68. The Labute approximate surface area is 180 Å². The van der Waals surface area contributed by atoms with Gasteiger partial charge in [-0.1, -0.05) is 12.1 Å². The van der Waals surface area contributed by atoms with Gasteiger partial charge in [-0.05, 0) is 30.3 Å². The predicted molar refractivity (Wildman–Crippen MR) is 117 cm³/mol. The summed E-state index contributed by atoms with van der Waals surface area (Å²) in [6.45, 7) is 1.39. The Morgan fingerprint density at radius 3 is 2.55 bits per heavy atom. The van der Waals surface area contributed by atoms with Gasteiger partial charge >= 0.3 is 0 Å². The fraction of sp³-hybridized carbons (Fsp3) is 0.333. The van der Waals surface area contributed by atoms with E-state index in [1.54, 1.807) is 55.5 Å². The number of para-hydroxylation sites is 1. The summed E-state index contributed by atoms with van der Waals surface area (Å²) >= 11 is 0. The highest BCUT2D eigenvalue weighted by Gasteiger charge is 2.43. The molecule has 0 fully saturated rings. The minimum absolute atomic E-state index is 0.107. The van der Waals surface area contributed by atoms with Gasteiger partial charge in [0.1, 0.15) is 17.1 Å². The van der Waals surface area contributed by atoms with Crippen LogP contribution in [-0.4, -0.2) is 52.2 Å². The maximum Gasteiger partial charge on any atom is 0.290 e. The normalized spacial score (nSPS) is 15.6. The number of hydrogen-bond donors (Lipinski definition) is 1. The highest BCUT2D eigenvalue weighted by atomic mass is 16.5. The molecule has 4 rings (SSSR count). The average Bonchev–Trinajstić information content (AvgIpc) is 3.05. The Bertz CT molecular complexity index is 1180. The number of hydrogen-bond acceptors (Lipinski definition) is 5. The molecule has 162 valence electrons. The van der Waals surface area contributed by atoms with Crippen molar-refractivity contribution in [1.29, 1.82) is 0 Å². The number of carbonyl (C=O) groups is 1. The number of benzene rings is 2. The first-order valence-corrected chi connectivity index (χ1v) is 10.3. The highest BCUT2D eigenvalue weighted by Crippen LogP contribution is 2.42. The third kappa shape index (κ3) is 3.65. The van der Waals surface area contributed by atoms with Gasteiger partial charge in [0.2, 0.25) is 5.76 Å². The zero-order valence-corrected chi connectivity index (χ0v) is 18.2. The zero-order valence-electron chi connectivity index (χ0n) is 18.2. The maximum absolute atomic E-state index is 13.5. The van der Waals surface area contributed by atoms with Gasteiger partial charge < -0.3 is 23.7 Å². The van der Waals surface area contributed by atoms with Crippen molar-refractivity contribution in [1.82, 2.24) is 4.90 Å². The molecule has 31 heavy (non-hydrogen) atoms. The molecule has 7 heteroatoms. The summed E-state index contributed by atoms with van der Waals surface area (Å²) in [6, 6.07) is 11.8. The van der Waals surface area contributed by atoms with Crippen molar-refractivity contribution >= 4 is 16.9 Å². The number of methoxy groups -OCH3 is 2. The van der Waals surface area contributed by atoms with E-state index in [-0.39, 0.29) is 17.1 Å². The molecule has 0 aliphatic carbocycles. The van der Waals surface area contributed by atoms with Crippen LogP contribution in [-0.2, 0) is 0 Å². The second kappa shape index (κ2) is 8.43. The van der Waals surface area contributed by atoms with E-state index in [2.05, 4.69) is 14.1 Å². The monoisotopic (exact) mass is 423 g/mol. The average molecular weight is 423 g/mol. The van der Waals surface area contributed by atoms with E-state index in [9.17, 15) is 9.59 Å². The molecule has 0 spiro atoms. The molecular formula is C24H27N2O5+. The minimum atomic E-state index is -0.606. The van der Waals surface area contributed by atoms with Gasteiger partial charge in [0.25, 0.3) is 5.91 Å². The third-order valence-electron chi connectivity index (χ3n) is 5.68. The van der Waals surface area contributed by atoms with Crippen molar-refractivity contribution in [2.24, 2.45) is 0 Å². The first kappa shape index (κ1) is 20.9. The van der Waals surface area contributed by atoms with Crippen molar-refractivity contribution in [2.45, 2.75) is 12.5 Å². The summed E-state index contributed by atoms with van der Waals surface area (Å²) < 4.78 is 17.0. The van der Waals surface area contributed by atoms with Crippen molar-refractivity contribution in [3.63, 3.8) is 0 Å². The van der Waals surface area contributed by atoms with Crippen LogP contribution in [0.2, 0.25) is 0 Å². The summed E-state index contributed by atoms with van der Waals surface area (Å²) in [5.74, 6) is 1.04. The summed E-state index contributed by atoms with van der Waals surface area (Å²) in [6.07, 6.45) is 0.790. The number of carbonyl (C=O) groups excluding carboxylic acids is 1. The molecular weight excluding hydrogens is 396 g/mol. The topological polar surface area (TPSA) is 73.4 Å². The molecule has 3 aromatic rings. The lowest BCUT2D eigenvalue weighted by atomic mass is 9.97. The Hall–Kier alpha value is -3.32. The Morgan fingerprint density at radius 1 is 1.06 bits per heavy atom. The highest BCUT2D eigenvalue weighted by molar-refractivity contribution is 5.99. The molecule has 0 radical (unpaired) electrons. The van der Waals surface area contributed by atoms with Gasteiger partial charge in [-0.3, -0.25) is 9.59 Å². The van der Waals surface area contributed by atoms with Gasteiger partial charge in [-0.2, -0.15) is 0 Å². The van der Waals surface area contributed by atoms with Gasteiger partial charge in [-0.25, -0.2) is 0 Å². The maximum atomic E-state index is 13.5. The van der Waals surface area contributed by atoms with Crippen LogP contribution in [0.25, 0.3) is 11.0 Å². The molecule has 2 heterocycles. The van der Waals surface area contributed by atoms with E-state index in [1.807, 2.05) is 6.07 Å². The number of nitrogens with zero attached hydrogens (tertiary/aromatic N) is 1. The predicted octanol–water partition coefficient (Wildman–Crippen LogP) is 1.89. The van der Waals surface area contributed by atoms with E-state index in [1.165, 1.54) is 4.90 Å². The van der Waals surface area contributed by atoms with Crippen LogP contribution >= 0.6 is 0 Å². The van der Waals surface area contributed by atoms with Crippen molar-refractivity contribution in [2.75, 3.05) is 41.4 Å². The molecule has 2 aromatic carbocycles. The number of fused-ring (bicyclic) bond motifs is 2. The smallest absolute Gasteiger partial charge is 0.290 e. The molecule has 1 aliphatic heterocycles. The first-order valence-electron chi connectivity index (χ1n) is 10.3. The minimum Gasteiger partial charge on any atom is -0.497 e. The Kier molecular flexibility index (Phi) is 5.69. The number of amides is 1. The molecule has 0 bridgehead atoms.